The third kappa shape index (κ3) is 4.57. The van der Waals surface area contributed by atoms with Gasteiger partial charge in [-0.05, 0) is 12.1 Å². The summed E-state index contributed by atoms with van der Waals surface area (Å²) >= 11 is 5.78. The molecule has 0 saturated carbocycles. The van der Waals surface area contributed by atoms with Gasteiger partial charge in [-0.2, -0.15) is 0 Å². The number of hydrazine groups is 1. The molecule has 0 aliphatic heterocycles. The third-order valence-electron chi connectivity index (χ3n) is 2.01. The van der Waals surface area contributed by atoms with E-state index >= 15 is 0 Å². The summed E-state index contributed by atoms with van der Waals surface area (Å²) in [5.74, 6) is -2.66. The van der Waals surface area contributed by atoms with Gasteiger partial charge >= 0.3 is 11.8 Å². The maximum Gasteiger partial charge on any atom is 0.327 e. The van der Waals surface area contributed by atoms with Gasteiger partial charge < -0.3 is 10.4 Å². The molecule has 0 fully saturated rings. The molecule has 1 rings (SSSR count). The first kappa shape index (κ1) is 14.9. The van der Waals surface area contributed by atoms with Gasteiger partial charge in [0.1, 0.15) is 0 Å². The van der Waals surface area contributed by atoms with E-state index < -0.39 is 17.7 Å². The predicted molar refractivity (Wildman–Crippen MR) is 67.2 cm³/mol. The molecule has 1 aromatic carbocycles. The lowest BCUT2D eigenvalue weighted by molar-refractivity contribution is -0.139. The molecular weight excluding hydrogens is 274 g/mol. The Hall–Kier alpha value is -2.12. The molecule has 0 unspecified atom stereocenters. The first-order valence-corrected chi connectivity index (χ1v) is 5.68. The second-order valence-electron chi connectivity index (χ2n) is 3.37. The Balaban J connectivity index is 2.49. The van der Waals surface area contributed by atoms with E-state index in [0.29, 0.717) is 0 Å². The minimum absolute atomic E-state index is 0.0509. The SMILES string of the molecule is O=C(NCCO)C(=O)NNC(=O)c1ccccc1Cl. The average molecular weight is 286 g/mol. The highest BCUT2D eigenvalue weighted by Gasteiger charge is 2.15. The van der Waals surface area contributed by atoms with Crippen LogP contribution in [0.3, 0.4) is 0 Å². The fourth-order valence-corrected chi connectivity index (χ4v) is 1.35. The van der Waals surface area contributed by atoms with E-state index in [0.717, 1.165) is 0 Å². The topological polar surface area (TPSA) is 108 Å². The van der Waals surface area contributed by atoms with Crippen LogP contribution in [0.1, 0.15) is 10.4 Å². The van der Waals surface area contributed by atoms with Crippen molar-refractivity contribution in [2.24, 2.45) is 0 Å². The summed E-state index contributed by atoms with van der Waals surface area (Å²) in [4.78, 5) is 33.9. The number of hydrogen-bond donors (Lipinski definition) is 4. The van der Waals surface area contributed by atoms with Gasteiger partial charge in [0, 0.05) is 6.54 Å². The zero-order valence-corrected chi connectivity index (χ0v) is 10.5. The van der Waals surface area contributed by atoms with Crippen LogP contribution in [0, 0.1) is 0 Å². The molecule has 0 radical (unpaired) electrons. The molecule has 0 bridgehead atoms. The minimum atomic E-state index is -1.05. The summed E-state index contributed by atoms with van der Waals surface area (Å²) in [6, 6.07) is 6.25. The van der Waals surface area contributed by atoms with Crippen LogP contribution in [-0.4, -0.2) is 36.0 Å². The summed E-state index contributed by atoms with van der Waals surface area (Å²) in [5, 5.41) is 10.8. The summed E-state index contributed by atoms with van der Waals surface area (Å²) in [6.07, 6.45) is 0. The Morgan fingerprint density at radius 2 is 1.79 bits per heavy atom. The van der Waals surface area contributed by atoms with Crippen LogP contribution in [0.15, 0.2) is 24.3 Å². The number of hydrogen-bond acceptors (Lipinski definition) is 4. The second-order valence-corrected chi connectivity index (χ2v) is 3.77. The highest BCUT2D eigenvalue weighted by molar-refractivity contribution is 6.35. The first-order chi connectivity index (χ1) is 9.06. The lowest BCUT2D eigenvalue weighted by atomic mass is 10.2. The smallest absolute Gasteiger partial charge is 0.327 e. The van der Waals surface area contributed by atoms with Gasteiger partial charge in [-0.3, -0.25) is 25.2 Å². The van der Waals surface area contributed by atoms with Crippen LogP contribution in [0.2, 0.25) is 5.02 Å². The van der Waals surface area contributed by atoms with E-state index in [1.165, 1.54) is 12.1 Å². The van der Waals surface area contributed by atoms with Crippen LogP contribution in [0.4, 0.5) is 0 Å². The minimum Gasteiger partial charge on any atom is -0.395 e. The molecular formula is C11H12ClN3O4. The molecule has 1 aromatic rings. The molecule has 0 spiro atoms. The Kier molecular flexibility index (Phi) is 5.77. The molecule has 7 nitrogen and oxygen atoms in total. The maximum absolute atomic E-state index is 11.6. The molecule has 0 aliphatic carbocycles. The number of carbonyl (C=O) groups is 3. The number of carbonyl (C=O) groups excluding carboxylic acids is 3. The van der Waals surface area contributed by atoms with Crippen molar-refractivity contribution < 1.29 is 19.5 Å². The summed E-state index contributed by atoms with van der Waals surface area (Å²) in [7, 11) is 0. The number of aliphatic hydroxyl groups is 1. The van der Waals surface area contributed by atoms with E-state index in [-0.39, 0.29) is 23.7 Å². The van der Waals surface area contributed by atoms with Crippen molar-refractivity contribution in [2.75, 3.05) is 13.2 Å². The van der Waals surface area contributed by atoms with E-state index in [1.807, 2.05) is 5.43 Å². The van der Waals surface area contributed by atoms with E-state index in [9.17, 15) is 14.4 Å². The summed E-state index contributed by atoms with van der Waals surface area (Å²) in [5.41, 5.74) is 4.14. The molecule has 0 aliphatic rings. The van der Waals surface area contributed by atoms with E-state index in [4.69, 9.17) is 16.7 Å². The monoisotopic (exact) mass is 285 g/mol. The lowest BCUT2D eigenvalue weighted by Gasteiger charge is -2.08. The van der Waals surface area contributed by atoms with Crippen LogP contribution >= 0.6 is 11.6 Å². The standard InChI is InChI=1S/C11H12ClN3O4/c12-8-4-2-1-3-7(8)9(17)14-15-11(19)10(18)13-5-6-16/h1-4,16H,5-6H2,(H,13,18)(H,14,17)(H,15,19). The Bertz CT molecular complexity index is 493. The molecule has 102 valence electrons. The first-order valence-electron chi connectivity index (χ1n) is 5.30. The molecule has 0 aromatic heterocycles. The van der Waals surface area contributed by atoms with Crippen molar-refractivity contribution in [1.82, 2.24) is 16.2 Å². The average Bonchev–Trinajstić information content (AvgIpc) is 2.42. The van der Waals surface area contributed by atoms with Crippen LogP contribution in [0.5, 0.6) is 0 Å². The van der Waals surface area contributed by atoms with Crippen molar-refractivity contribution in [2.45, 2.75) is 0 Å². The fraction of sp³-hybridized carbons (Fsp3) is 0.182. The Morgan fingerprint density at radius 1 is 1.11 bits per heavy atom. The summed E-state index contributed by atoms with van der Waals surface area (Å²) < 4.78 is 0. The van der Waals surface area contributed by atoms with Crippen molar-refractivity contribution >= 4 is 29.3 Å². The van der Waals surface area contributed by atoms with Crippen LogP contribution in [0.25, 0.3) is 0 Å². The van der Waals surface area contributed by atoms with E-state index in [2.05, 4.69) is 10.7 Å². The van der Waals surface area contributed by atoms with Gasteiger partial charge in [-0.25, -0.2) is 0 Å². The molecule has 0 heterocycles. The number of nitrogens with one attached hydrogen (secondary N) is 3. The van der Waals surface area contributed by atoms with Gasteiger partial charge in [-0.15, -0.1) is 0 Å². The quantitative estimate of drug-likeness (QED) is 0.431. The lowest BCUT2D eigenvalue weighted by Crippen LogP contribution is -2.49. The Morgan fingerprint density at radius 3 is 2.42 bits per heavy atom. The number of rotatable bonds is 3. The van der Waals surface area contributed by atoms with Gasteiger partial charge in [0.25, 0.3) is 5.91 Å². The second kappa shape index (κ2) is 7.34. The van der Waals surface area contributed by atoms with Crippen LogP contribution in [-0.2, 0) is 9.59 Å². The molecule has 0 atom stereocenters. The zero-order valence-electron chi connectivity index (χ0n) is 9.77. The van der Waals surface area contributed by atoms with E-state index in [1.54, 1.807) is 12.1 Å². The number of benzene rings is 1. The van der Waals surface area contributed by atoms with Crippen molar-refractivity contribution in [1.29, 1.82) is 0 Å². The van der Waals surface area contributed by atoms with Gasteiger partial charge in [-0.1, -0.05) is 23.7 Å². The number of halogens is 1. The third-order valence-corrected chi connectivity index (χ3v) is 2.34. The van der Waals surface area contributed by atoms with Crippen molar-refractivity contribution in [3.8, 4) is 0 Å². The van der Waals surface area contributed by atoms with Crippen LogP contribution < -0.4 is 16.2 Å². The normalized spacial score (nSPS) is 9.58. The van der Waals surface area contributed by atoms with Gasteiger partial charge in [0.2, 0.25) is 0 Å². The van der Waals surface area contributed by atoms with Gasteiger partial charge in [0.05, 0.1) is 17.2 Å². The largest absolute Gasteiger partial charge is 0.395 e. The zero-order chi connectivity index (χ0) is 14.3. The number of amides is 3. The number of aliphatic hydroxyl groups excluding tert-OH is 1. The summed E-state index contributed by atoms with van der Waals surface area (Å²) in [6.45, 7) is -0.338. The highest BCUT2D eigenvalue weighted by atomic mass is 35.5. The molecule has 8 heteroatoms. The molecule has 0 saturated heterocycles. The van der Waals surface area contributed by atoms with Crippen molar-refractivity contribution in [3.05, 3.63) is 34.9 Å². The molecule has 19 heavy (non-hydrogen) atoms. The molecule has 4 N–H and O–H groups in total. The van der Waals surface area contributed by atoms with Crippen molar-refractivity contribution in [3.63, 3.8) is 0 Å². The maximum atomic E-state index is 11.6. The predicted octanol–water partition coefficient (Wildman–Crippen LogP) is -0.791. The molecule has 3 amide bonds. The Labute approximate surface area is 113 Å². The highest BCUT2D eigenvalue weighted by Crippen LogP contribution is 2.13. The van der Waals surface area contributed by atoms with Gasteiger partial charge in [0.15, 0.2) is 0 Å². The fourth-order valence-electron chi connectivity index (χ4n) is 1.13.